The molecule has 1 aromatic carbocycles. The second-order valence-corrected chi connectivity index (χ2v) is 8.83. The third-order valence-electron chi connectivity index (χ3n) is 5.00. The van der Waals surface area contributed by atoms with Crippen molar-refractivity contribution >= 4 is 22.2 Å². The Morgan fingerprint density at radius 2 is 1.64 bits per heavy atom. The summed E-state index contributed by atoms with van der Waals surface area (Å²) in [5, 5.41) is -0.672. The van der Waals surface area contributed by atoms with Crippen molar-refractivity contribution < 1.29 is 22.4 Å². The first-order valence-electron chi connectivity index (χ1n) is 8.40. The lowest BCUT2D eigenvalue weighted by atomic mass is 9.99. The first kappa shape index (κ1) is 17.8. The van der Waals surface area contributed by atoms with Gasteiger partial charge in [0.1, 0.15) is 12.1 Å². The maximum atomic E-state index is 13.0. The number of piperidine rings is 1. The Labute approximate surface area is 146 Å². The van der Waals surface area contributed by atoms with Crippen LogP contribution in [0.25, 0.3) is 0 Å². The van der Waals surface area contributed by atoms with Gasteiger partial charge < -0.3 is 14.6 Å². The molecule has 1 unspecified atom stereocenters. The molecule has 2 aliphatic rings. The second-order valence-electron chi connectivity index (χ2n) is 6.60. The summed E-state index contributed by atoms with van der Waals surface area (Å²) in [7, 11) is -3.59. The Morgan fingerprint density at radius 3 is 2.24 bits per heavy atom. The van der Waals surface area contributed by atoms with E-state index in [1.807, 2.05) is 0 Å². The maximum absolute atomic E-state index is 13.0. The summed E-state index contributed by atoms with van der Waals surface area (Å²) in [5.41, 5.74) is 0. The predicted molar refractivity (Wildman–Crippen MR) is 89.3 cm³/mol. The van der Waals surface area contributed by atoms with E-state index in [2.05, 4.69) is 0 Å². The monoisotopic (exact) mass is 368 g/mol. The topological polar surface area (TPSA) is 74.8 Å². The van der Waals surface area contributed by atoms with Crippen molar-refractivity contribution in [1.82, 2.24) is 9.80 Å². The summed E-state index contributed by atoms with van der Waals surface area (Å²) in [6.07, 6.45) is 2.61. The van der Waals surface area contributed by atoms with E-state index in [0.29, 0.717) is 38.9 Å². The lowest BCUT2D eigenvalue weighted by molar-refractivity contribution is -0.112. The number of carbonyl (C=O) groups excluding carboxylic acids is 2. The van der Waals surface area contributed by atoms with Crippen LogP contribution >= 0.6 is 0 Å². The molecule has 1 atom stereocenters. The normalized spacial score (nSPS) is 22.2. The number of halogens is 1. The number of benzene rings is 1. The highest BCUT2D eigenvalue weighted by molar-refractivity contribution is 7.92. The highest BCUT2D eigenvalue weighted by Crippen LogP contribution is 2.26. The number of nitrogens with zero attached hydrogens (tertiary/aromatic N) is 2. The lowest BCUT2D eigenvalue weighted by Gasteiger charge is -2.33. The Bertz CT molecular complexity index is 742. The SMILES string of the molecule is O=CC1CCN(C(=O)N2CCC(S(=O)(=O)c3ccc(F)cc3)C2)CC1. The van der Waals surface area contributed by atoms with Crippen LogP contribution in [-0.2, 0) is 14.6 Å². The van der Waals surface area contributed by atoms with Crippen molar-refractivity contribution in [2.24, 2.45) is 5.92 Å². The average molecular weight is 368 g/mol. The fourth-order valence-corrected chi connectivity index (χ4v) is 5.09. The van der Waals surface area contributed by atoms with Gasteiger partial charge in [0, 0.05) is 32.1 Å². The molecule has 25 heavy (non-hydrogen) atoms. The number of likely N-dealkylation sites (tertiary alicyclic amines) is 2. The van der Waals surface area contributed by atoms with Crippen molar-refractivity contribution in [1.29, 1.82) is 0 Å². The van der Waals surface area contributed by atoms with E-state index in [0.717, 1.165) is 18.4 Å². The number of rotatable bonds is 3. The van der Waals surface area contributed by atoms with Crippen molar-refractivity contribution in [2.75, 3.05) is 26.2 Å². The van der Waals surface area contributed by atoms with Crippen LogP contribution < -0.4 is 0 Å². The van der Waals surface area contributed by atoms with E-state index in [-0.39, 0.29) is 23.4 Å². The zero-order valence-corrected chi connectivity index (χ0v) is 14.6. The molecule has 0 N–H and O–H groups in total. The molecule has 2 amide bonds. The third-order valence-corrected chi connectivity index (χ3v) is 7.19. The standard InChI is InChI=1S/C17H21FN2O4S/c18-14-1-3-15(4-2-14)25(23,24)16-7-10-20(11-16)17(22)19-8-5-13(12-21)6-9-19/h1-4,12-13,16H,5-11H2. The van der Waals surface area contributed by atoms with E-state index in [9.17, 15) is 22.4 Å². The van der Waals surface area contributed by atoms with Crippen LogP contribution in [0.15, 0.2) is 29.2 Å². The quantitative estimate of drug-likeness (QED) is 0.601. The van der Waals surface area contributed by atoms with Gasteiger partial charge >= 0.3 is 6.03 Å². The molecule has 136 valence electrons. The first-order valence-corrected chi connectivity index (χ1v) is 9.95. The summed E-state index contributed by atoms with van der Waals surface area (Å²) in [5.74, 6) is -0.477. The minimum atomic E-state index is -3.59. The highest BCUT2D eigenvalue weighted by Gasteiger charge is 2.38. The fraction of sp³-hybridized carbons (Fsp3) is 0.529. The molecule has 2 aliphatic heterocycles. The average Bonchev–Trinajstić information content (AvgIpc) is 3.12. The Morgan fingerprint density at radius 1 is 1.04 bits per heavy atom. The highest BCUT2D eigenvalue weighted by atomic mass is 32.2. The molecule has 0 saturated carbocycles. The number of sulfone groups is 1. The summed E-state index contributed by atoms with van der Waals surface area (Å²) in [4.78, 5) is 26.7. The Kier molecular flexibility index (Phi) is 5.08. The molecule has 0 radical (unpaired) electrons. The van der Waals surface area contributed by atoms with Gasteiger partial charge in [-0.05, 0) is 43.5 Å². The number of hydrogen-bond donors (Lipinski definition) is 0. The van der Waals surface area contributed by atoms with Gasteiger partial charge in [0.2, 0.25) is 0 Å². The molecule has 0 aliphatic carbocycles. The summed E-state index contributed by atoms with van der Waals surface area (Å²) in [6, 6.07) is 4.61. The number of hydrogen-bond acceptors (Lipinski definition) is 4. The van der Waals surface area contributed by atoms with Crippen LogP contribution in [0, 0.1) is 11.7 Å². The molecular weight excluding hydrogens is 347 g/mol. The minimum absolute atomic E-state index is 0.00855. The Balaban J connectivity index is 1.64. The molecule has 1 aromatic rings. The molecule has 2 saturated heterocycles. The van der Waals surface area contributed by atoms with Gasteiger partial charge in [-0.2, -0.15) is 0 Å². The lowest BCUT2D eigenvalue weighted by Crippen LogP contribution is -2.46. The van der Waals surface area contributed by atoms with Crippen molar-refractivity contribution in [3.8, 4) is 0 Å². The van der Waals surface area contributed by atoms with Crippen molar-refractivity contribution in [3.05, 3.63) is 30.1 Å². The van der Waals surface area contributed by atoms with Crippen LogP contribution in [-0.4, -0.2) is 62.0 Å². The van der Waals surface area contributed by atoms with Crippen LogP contribution in [0.4, 0.5) is 9.18 Å². The van der Waals surface area contributed by atoms with Crippen LogP contribution in [0.2, 0.25) is 0 Å². The molecule has 2 fully saturated rings. The predicted octanol–water partition coefficient (Wildman–Crippen LogP) is 1.70. The van der Waals surface area contributed by atoms with Gasteiger partial charge in [0.15, 0.2) is 9.84 Å². The largest absolute Gasteiger partial charge is 0.325 e. The van der Waals surface area contributed by atoms with E-state index in [1.165, 1.54) is 12.1 Å². The number of aldehydes is 1. The molecule has 2 heterocycles. The van der Waals surface area contributed by atoms with Crippen molar-refractivity contribution in [3.63, 3.8) is 0 Å². The summed E-state index contributed by atoms with van der Waals surface area (Å²) >= 11 is 0. The number of amides is 2. The molecule has 0 aromatic heterocycles. The van der Waals surface area contributed by atoms with E-state index in [4.69, 9.17) is 0 Å². The zero-order valence-electron chi connectivity index (χ0n) is 13.8. The van der Waals surface area contributed by atoms with Gasteiger partial charge in [0.25, 0.3) is 0 Å². The molecule has 8 heteroatoms. The minimum Gasteiger partial charge on any atom is -0.325 e. The van der Waals surface area contributed by atoms with Gasteiger partial charge in [0.05, 0.1) is 10.1 Å². The van der Waals surface area contributed by atoms with Gasteiger partial charge in [-0.1, -0.05) is 0 Å². The van der Waals surface area contributed by atoms with E-state index < -0.39 is 20.9 Å². The molecule has 6 nitrogen and oxygen atoms in total. The van der Waals surface area contributed by atoms with Crippen LogP contribution in [0.1, 0.15) is 19.3 Å². The third kappa shape index (κ3) is 3.68. The maximum Gasteiger partial charge on any atom is 0.320 e. The first-order chi connectivity index (χ1) is 11.9. The number of carbonyl (C=O) groups is 2. The second kappa shape index (κ2) is 7.11. The van der Waals surface area contributed by atoms with E-state index in [1.54, 1.807) is 9.80 Å². The van der Waals surface area contributed by atoms with Crippen LogP contribution in [0.5, 0.6) is 0 Å². The van der Waals surface area contributed by atoms with Gasteiger partial charge in [-0.25, -0.2) is 17.6 Å². The smallest absolute Gasteiger partial charge is 0.320 e. The van der Waals surface area contributed by atoms with E-state index >= 15 is 0 Å². The molecular formula is C17H21FN2O4S. The molecule has 0 bridgehead atoms. The summed E-state index contributed by atoms with van der Waals surface area (Å²) < 4.78 is 38.3. The van der Waals surface area contributed by atoms with Crippen molar-refractivity contribution in [2.45, 2.75) is 29.4 Å². The fourth-order valence-electron chi connectivity index (χ4n) is 3.40. The summed E-state index contributed by atoms with van der Waals surface area (Å²) in [6.45, 7) is 1.58. The number of urea groups is 1. The molecule has 3 rings (SSSR count). The molecule has 0 spiro atoms. The zero-order chi connectivity index (χ0) is 18.0. The Hall–Kier alpha value is -1.96. The van der Waals surface area contributed by atoms with Gasteiger partial charge in [-0.3, -0.25) is 0 Å². The van der Waals surface area contributed by atoms with Gasteiger partial charge in [-0.15, -0.1) is 0 Å². The van der Waals surface area contributed by atoms with Crippen LogP contribution in [0.3, 0.4) is 0 Å².